The number of halogens is 1. The van der Waals surface area contributed by atoms with Crippen LogP contribution in [-0.4, -0.2) is 10.8 Å². The molecule has 1 amide bonds. The summed E-state index contributed by atoms with van der Waals surface area (Å²) in [4.78, 5) is 23.0. The minimum atomic E-state index is -0.578. The van der Waals surface area contributed by atoms with Gasteiger partial charge in [-0.05, 0) is 39.5 Å². The Balaban J connectivity index is 2.21. The number of amides is 1. The standard InChI is InChI=1S/C14H8BrN3O3S/c15-12-7-10(18(20)21)3-4-13(12)17-14(19)9(8-16)6-11-2-1-5-22-11/h1-7H,(H,17,19)/b9-6+. The second-order valence-electron chi connectivity index (χ2n) is 4.06. The second kappa shape index (κ2) is 6.98. The van der Waals surface area contributed by atoms with Crippen LogP contribution < -0.4 is 5.32 Å². The van der Waals surface area contributed by atoms with Gasteiger partial charge in [-0.2, -0.15) is 5.26 Å². The highest BCUT2D eigenvalue weighted by Crippen LogP contribution is 2.27. The summed E-state index contributed by atoms with van der Waals surface area (Å²) in [6.07, 6.45) is 1.49. The third kappa shape index (κ3) is 3.78. The van der Waals surface area contributed by atoms with Crippen molar-refractivity contribution in [2.24, 2.45) is 0 Å². The number of nitrogens with one attached hydrogen (secondary N) is 1. The first-order valence-corrected chi connectivity index (χ1v) is 7.59. The van der Waals surface area contributed by atoms with Crippen molar-refractivity contribution in [2.75, 3.05) is 5.32 Å². The molecule has 0 aliphatic heterocycles. The number of anilines is 1. The molecule has 0 bridgehead atoms. The van der Waals surface area contributed by atoms with Crippen LogP contribution in [0.4, 0.5) is 11.4 Å². The number of nitro groups is 1. The lowest BCUT2D eigenvalue weighted by molar-refractivity contribution is -0.384. The van der Waals surface area contributed by atoms with E-state index in [1.807, 2.05) is 17.5 Å². The molecule has 0 unspecified atom stereocenters. The zero-order valence-electron chi connectivity index (χ0n) is 10.9. The predicted molar refractivity (Wildman–Crippen MR) is 87.3 cm³/mol. The van der Waals surface area contributed by atoms with Crippen molar-refractivity contribution in [2.45, 2.75) is 0 Å². The van der Waals surface area contributed by atoms with Crippen molar-refractivity contribution in [3.63, 3.8) is 0 Å². The summed E-state index contributed by atoms with van der Waals surface area (Å²) in [5.74, 6) is -0.578. The van der Waals surface area contributed by atoms with Crippen LogP contribution >= 0.6 is 27.3 Å². The number of rotatable bonds is 4. The first-order chi connectivity index (χ1) is 10.5. The highest BCUT2D eigenvalue weighted by atomic mass is 79.9. The van der Waals surface area contributed by atoms with E-state index in [0.29, 0.717) is 10.2 Å². The second-order valence-corrected chi connectivity index (χ2v) is 5.89. The van der Waals surface area contributed by atoms with Crippen LogP contribution in [0.3, 0.4) is 0 Å². The first kappa shape index (κ1) is 15.9. The molecule has 8 heteroatoms. The van der Waals surface area contributed by atoms with Gasteiger partial charge >= 0.3 is 0 Å². The number of non-ortho nitro benzene ring substituents is 1. The highest BCUT2D eigenvalue weighted by Gasteiger charge is 2.14. The zero-order valence-corrected chi connectivity index (χ0v) is 13.3. The number of hydrogen-bond acceptors (Lipinski definition) is 5. The smallest absolute Gasteiger partial charge is 0.270 e. The maximum absolute atomic E-state index is 12.1. The van der Waals surface area contributed by atoms with E-state index in [9.17, 15) is 14.9 Å². The number of carbonyl (C=O) groups excluding carboxylic acids is 1. The summed E-state index contributed by atoms with van der Waals surface area (Å²) >= 11 is 4.56. The molecular weight excluding hydrogens is 370 g/mol. The molecule has 0 atom stereocenters. The molecule has 0 aliphatic rings. The fourth-order valence-electron chi connectivity index (χ4n) is 1.57. The van der Waals surface area contributed by atoms with Gasteiger partial charge in [0.15, 0.2) is 0 Å². The van der Waals surface area contributed by atoms with Gasteiger partial charge in [0.25, 0.3) is 11.6 Å². The van der Waals surface area contributed by atoms with Gasteiger partial charge in [0.2, 0.25) is 0 Å². The van der Waals surface area contributed by atoms with Crippen molar-refractivity contribution in [1.29, 1.82) is 5.26 Å². The lowest BCUT2D eigenvalue weighted by Gasteiger charge is -2.06. The lowest BCUT2D eigenvalue weighted by Crippen LogP contribution is -2.13. The van der Waals surface area contributed by atoms with Crippen molar-refractivity contribution in [3.8, 4) is 6.07 Å². The largest absolute Gasteiger partial charge is 0.320 e. The zero-order chi connectivity index (χ0) is 16.1. The van der Waals surface area contributed by atoms with E-state index in [-0.39, 0.29) is 11.3 Å². The molecule has 2 aromatic rings. The Morgan fingerprint density at radius 3 is 2.77 bits per heavy atom. The van der Waals surface area contributed by atoms with E-state index in [1.54, 1.807) is 6.07 Å². The number of thiophene rings is 1. The molecule has 0 fully saturated rings. The number of benzene rings is 1. The molecule has 110 valence electrons. The van der Waals surface area contributed by atoms with Crippen molar-refractivity contribution >= 4 is 50.6 Å². The Labute approximate surface area is 138 Å². The minimum absolute atomic E-state index is 0.0484. The molecule has 22 heavy (non-hydrogen) atoms. The third-order valence-electron chi connectivity index (χ3n) is 2.61. The van der Waals surface area contributed by atoms with Crippen molar-refractivity contribution in [3.05, 3.63) is 60.7 Å². The van der Waals surface area contributed by atoms with Crippen LogP contribution in [0.1, 0.15) is 4.88 Å². The maximum Gasteiger partial charge on any atom is 0.270 e. The topological polar surface area (TPSA) is 96.0 Å². The molecule has 1 aromatic heterocycles. The predicted octanol–water partition coefficient (Wildman–Crippen LogP) is 3.96. The van der Waals surface area contributed by atoms with Crippen molar-refractivity contribution < 1.29 is 9.72 Å². The summed E-state index contributed by atoms with van der Waals surface area (Å²) in [5, 5.41) is 24.1. The fourth-order valence-corrected chi connectivity index (χ4v) is 2.70. The Hall–Kier alpha value is -2.50. The molecule has 0 radical (unpaired) electrons. The van der Waals surface area contributed by atoms with E-state index < -0.39 is 10.8 Å². The van der Waals surface area contributed by atoms with Gasteiger partial charge in [-0.3, -0.25) is 14.9 Å². The van der Waals surface area contributed by atoms with Crippen LogP contribution in [0.25, 0.3) is 6.08 Å². The maximum atomic E-state index is 12.1. The monoisotopic (exact) mass is 377 g/mol. The fraction of sp³-hybridized carbons (Fsp3) is 0. The van der Waals surface area contributed by atoms with E-state index in [0.717, 1.165) is 4.88 Å². The number of carbonyl (C=O) groups is 1. The summed E-state index contributed by atoms with van der Waals surface area (Å²) in [7, 11) is 0. The van der Waals surface area contributed by atoms with Crippen LogP contribution in [-0.2, 0) is 4.79 Å². The molecular formula is C14H8BrN3O3S. The van der Waals surface area contributed by atoms with Gasteiger partial charge in [-0.15, -0.1) is 11.3 Å². The number of nitriles is 1. The van der Waals surface area contributed by atoms with Gasteiger partial charge in [0.05, 0.1) is 10.6 Å². The normalized spacial score (nSPS) is 10.8. The molecule has 0 saturated carbocycles. The van der Waals surface area contributed by atoms with Gasteiger partial charge in [-0.1, -0.05) is 6.07 Å². The average molecular weight is 378 g/mol. The summed E-state index contributed by atoms with van der Waals surface area (Å²) in [6.45, 7) is 0. The van der Waals surface area contributed by atoms with E-state index in [1.165, 1.54) is 35.6 Å². The van der Waals surface area contributed by atoms with Crippen LogP contribution in [0.5, 0.6) is 0 Å². The summed E-state index contributed by atoms with van der Waals surface area (Å²) in [5.41, 5.74) is 0.204. The van der Waals surface area contributed by atoms with Crippen molar-refractivity contribution in [1.82, 2.24) is 0 Å². The summed E-state index contributed by atoms with van der Waals surface area (Å²) < 4.78 is 0.364. The molecule has 2 rings (SSSR count). The SMILES string of the molecule is N#C/C(=C\c1cccs1)C(=O)Nc1ccc([N+](=O)[O-])cc1Br. The van der Waals surface area contributed by atoms with Gasteiger partial charge in [-0.25, -0.2) is 0 Å². The van der Waals surface area contributed by atoms with Crippen LogP contribution in [0, 0.1) is 21.4 Å². The molecule has 0 spiro atoms. The van der Waals surface area contributed by atoms with Gasteiger partial charge < -0.3 is 5.32 Å². The van der Waals surface area contributed by atoms with Crippen LogP contribution in [0.2, 0.25) is 0 Å². The Morgan fingerprint density at radius 1 is 1.45 bits per heavy atom. The molecule has 0 saturated heterocycles. The number of nitrogens with zero attached hydrogens (tertiary/aromatic N) is 2. The van der Waals surface area contributed by atoms with Gasteiger partial charge in [0, 0.05) is 21.5 Å². The Bertz CT molecular complexity index is 794. The Morgan fingerprint density at radius 2 is 2.23 bits per heavy atom. The molecule has 1 N–H and O–H groups in total. The molecule has 1 aromatic carbocycles. The molecule has 6 nitrogen and oxygen atoms in total. The molecule has 1 heterocycles. The third-order valence-corrected chi connectivity index (χ3v) is 4.08. The number of nitro benzene ring substituents is 1. The highest BCUT2D eigenvalue weighted by molar-refractivity contribution is 9.10. The Kier molecular flexibility index (Phi) is 5.04. The van der Waals surface area contributed by atoms with E-state index in [4.69, 9.17) is 5.26 Å². The minimum Gasteiger partial charge on any atom is -0.320 e. The first-order valence-electron chi connectivity index (χ1n) is 5.92. The lowest BCUT2D eigenvalue weighted by atomic mass is 10.2. The van der Waals surface area contributed by atoms with Crippen LogP contribution in [0.15, 0.2) is 45.8 Å². The van der Waals surface area contributed by atoms with E-state index in [2.05, 4.69) is 21.2 Å². The van der Waals surface area contributed by atoms with Gasteiger partial charge in [0.1, 0.15) is 11.6 Å². The quantitative estimate of drug-likeness (QED) is 0.377. The molecule has 0 aliphatic carbocycles. The number of hydrogen-bond donors (Lipinski definition) is 1. The average Bonchev–Trinajstić information content (AvgIpc) is 2.99. The van der Waals surface area contributed by atoms with E-state index >= 15 is 0 Å². The summed E-state index contributed by atoms with van der Waals surface area (Å²) in [6, 6.07) is 9.40.